The SMILES string of the molecule is COC(=O)Oc1ccc2c(c1)NC(=O)/C2=C(\Nc1cccc(C(=O)NCCN)c1)c1ccccc1. The molecule has 2 amide bonds. The van der Waals surface area contributed by atoms with Crippen LogP contribution in [0.5, 0.6) is 5.75 Å². The molecule has 3 aromatic rings. The maximum absolute atomic E-state index is 13.1. The Bertz CT molecular complexity index is 1300. The summed E-state index contributed by atoms with van der Waals surface area (Å²) in [6, 6.07) is 21.2. The van der Waals surface area contributed by atoms with Crippen molar-refractivity contribution >= 4 is 40.6 Å². The van der Waals surface area contributed by atoms with Gasteiger partial charge >= 0.3 is 6.16 Å². The quantitative estimate of drug-likeness (QED) is 0.235. The van der Waals surface area contributed by atoms with Crippen molar-refractivity contribution in [2.45, 2.75) is 0 Å². The maximum atomic E-state index is 13.1. The Balaban J connectivity index is 1.75. The van der Waals surface area contributed by atoms with E-state index < -0.39 is 6.16 Å². The molecule has 178 valence electrons. The predicted molar refractivity (Wildman–Crippen MR) is 133 cm³/mol. The third-order valence-corrected chi connectivity index (χ3v) is 5.24. The number of ether oxygens (including phenoxy) is 2. The summed E-state index contributed by atoms with van der Waals surface area (Å²) in [5.74, 6) is -0.323. The topological polar surface area (TPSA) is 132 Å². The van der Waals surface area contributed by atoms with Crippen LogP contribution >= 0.6 is 0 Å². The van der Waals surface area contributed by atoms with E-state index in [1.807, 2.05) is 36.4 Å². The average molecular weight is 473 g/mol. The highest BCUT2D eigenvalue weighted by atomic mass is 16.7. The van der Waals surface area contributed by atoms with Gasteiger partial charge in [0, 0.05) is 36.0 Å². The fourth-order valence-electron chi connectivity index (χ4n) is 3.66. The third-order valence-electron chi connectivity index (χ3n) is 5.24. The molecule has 0 saturated carbocycles. The first kappa shape index (κ1) is 23.5. The summed E-state index contributed by atoms with van der Waals surface area (Å²) < 4.78 is 9.60. The fraction of sp³-hybridized carbons (Fsp3) is 0.115. The Morgan fingerprint density at radius 3 is 2.49 bits per heavy atom. The standard InChI is InChI=1S/C26H24N4O5/c1-34-26(33)35-19-10-11-20-21(15-19)30-25(32)22(20)23(16-6-3-2-4-7-16)29-18-9-5-8-17(14-18)24(31)28-13-12-27/h2-11,14-15,29H,12-13,27H2,1H3,(H,28,31)(H,30,32)/b23-22-. The summed E-state index contributed by atoms with van der Waals surface area (Å²) in [7, 11) is 1.22. The molecule has 0 unspecified atom stereocenters. The number of rotatable bonds is 7. The molecule has 0 fully saturated rings. The zero-order valence-electron chi connectivity index (χ0n) is 19.0. The van der Waals surface area contributed by atoms with Crippen molar-refractivity contribution in [3.8, 4) is 5.75 Å². The van der Waals surface area contributed by atoms with E-state index in [9.17, 15) is 14.4 Å². The molecule has 0 spiro atoms. The van der Waals surface area contributed by atoms with E-state index >= 15 is 0 Å². The Morgan fingerprint density at radius 1 is 0.971 bits per heavy atom. The number of hydrogen-bond donors (Lipinski definition) is 4. The largest absolute Gasteiger partial charge is 0.513 e. The van der Waals surface area contributed by atoms with E-state index in [-0.39, 0.29) is 17.6 Å². The van der Waals surface area contributed by atoms with Crippen LogP contribution in [0.4, 0.5) is 16.2 Å². The fourth-order valence-corrected chi connectivity index (χ4v) is 3.66. The van der Waals surface area contributed by atoms with Crippen LogP contribution < -0.4 is 26.4 Å². The van der Waals surface area contributed by atoms with Crippen molar-refractivity contribution in [1.82, 2.24) is 5.32 Å². The third kappa shape index (κ3) is 5.31. The van der Waals surface area contributed by atoms with E-state index in [0.717, 1.165) is 5.56 Å². The average Bonchev–Trinajstić information content (AvgIpc) is 3.21. The summed E-state index contributed by atoms with van der Waals surface area (Å²) in [5, 5.41) is 8.89. The molecule has 0 bridgehead atoms. The van der Waals surface area contributed by atoms with Crippen LogP contribution in [0.1, 0.15) is 21.5 Å². The van der Waals surface area contributed by atoms with Gasteiger partial charge in [-0.25, -0.2) is 4.79 Å². The summed E-state index contributed by atoms with van der Waals surface area (Å²) in [6.45, 7) is 0.712. The van der Waals surface area contributed by atoms with E-state index in [1.54, 1.807) is 36.4 Å². The Labute approximate surface area is 201 Å². The normalized spacial score (nSPS) is 13.4. The number of carbonyl (C=O) groups is 3. The van der Waals surface area contributed by atoms with Gasteiger partial charge in [-0.3, -0.25) is 9.59 Å². The van der Waals surface area contributed by atoms with Crippen LogP contribution in [0.3, 0.4) is 0 Å². The zero-order chi connectivity index (χ0) is 24.8. The molecule has 1 aliphatic rings. The predicted octanol–water partition coefficient (Wildman–Crippen LogP) is 3.45. The molecule has 5 N–H and O–H groups in total. The molecule has 1 heterocycles. The maximum Gasteiger partial charge on any atom is 0.513 e. The lowest BCUT2D eigenvalue weighted by Crippen LogP contribution is -2.28. The smallest absolute Gasteiger partial charge is 0.437 e. The number of benzene rings is 3. The molecule has 3 aromatic carbocycles. The Morgan fingerprint density at radius 2 is 1.74 bits per heavy atom. The lowest BCUT2D eigenvalue weighted by atomic mass is 9.99. The highest BCUT2D eigenvalue weighted by molar-refractivity contribution is 6.37. The lowest BCUT2D eigenvalue weighted by Gasteiger charge is -2.15. The number of amides is 2. The van der Waals surface area contributed by atoms with E-state index in [2.05, 4.69) is 20.7 Å². The van der Waals surface area contributed by atoms with Crippen LogP contribution in [0.25, 0.3) is 11.3 Å². The van der Waals surface area contributed by atoms with Gasteiger partial charge in [0.15, 0.2) is 0 Å². The van der Waals surface area contributed by atoms with Crippen LogP contribution in [0, 0.1) is 0 Å². The summed E-state index contributed by atoms with van der Waals surface area (Å²) in [6.07, 6.45) is -0.855. The number of nitrogens with one attached hydrogen (secondary N) is 3. The minimum atomic E-state index is -0.855. The summed E-state index contributed by atoms with van der Waals surface area (Å²) in [4.78, 5) is 37.0. The molecule has 0 atom stereocenters. The first-order chi connectivity index (χ1) is 17.0. The van der Waals surface area contributed by atoms with Crippen LogP contribution in [0.2, 0.25) is 0 Å². The number of hydrogen-bond acceptors (Lipinski definition) is 7. The number of nitrogens with two attached hydrogens (primary N) is 1. The van der Waals surface area contributed by atoms with Crippen molar-refractivity contribution in [3.63, 3.8) is 0 Å². The minimum Gasteiger partial charge on any atom is -0.437 e. The molecule has 0 radical (unpaired) electrons. The molecule has 0 aromatic heterocycles. The summed E-state index contributed by atoms with van der Waals surface area (Å²) >= 11 is 0. The van der Waals surface area contributed by atoms with Crippen molar-refractivity contribution < 1.29 is 23.9 Å². The first-order valence-electron chi connectivity index (χ1n) is 10.9. The monoisotopic (exact) mass is 472 g/mol. The molecular weight excluding hydrogens is 448 g/mol. The molecular formula is C26H24N4O5. The number of fused-ring (bicyclic) bond motifs is 1. The van der Waals surface area contributed by atoms with Gasteiger partial charge in [0.2, 0.25) is 0 Å². The van der Waals surface area contributed by atoms with Crippen molar-refractivity contribution in [2.75, 3.05) is 30.8 Å². The van der Waals surface area contributed by atoms with Crippen molar-refractivity contribution in [3.05, 3.63) is 89.5 Å². The second-order valence-electron chi connectivity index (χ2n) is 7.58. The lowest BCUT2D eigenvalue weighted by molar-refractivity contribution is -0.110. The van der Waals surface area contributed by atoms with E-state index in [0.29, 0.717) is 46.9 Å². The van der Waals surface area contributed by atoms with Gasteiger partial charge in [-0.1, -0.05) is 36.4 Å². The van der Waals surface area contributed by atoms with E-state index in [1.165, 1.54) is 7.11 Å². The molecule has 9 nitrogen and oxygen atoms in total. The molecule has 1 aliphatic heterocycles. The highest BCUT2D eigenvalue weighted by Gasteiger charge is 2.29. The van der Waals surface area contributed by atoms with Crippen molar-refractivity contribution in [2.24, 2.45) is 5.73 Å². The van der Waals surface area contributed by atoms with Gasteiger partial charge in [-0.2, -0.15) is 0 Å². The second kappa shape index (κ2) is 10.5. The Hall–Kier alpha value is -4.63. The molecule has 0 saturated heterocycles. The van der Waals surface area contributed by atoms with Gasteiger partial charge in [0.1, 0.15) is 5.75 Å². The van der Waals surface area contributed by atoms with Gasteiger partial charge in [-0.15, -0.1) is 0 Å². The zero-order valence-corrected chi connectivity index (χ0v) is 19.0. The number of carbonyl (C=O) groups excluding carboxylic acids is 3. The first-order valence-corrected chi connectivity index (χ1v) is 10.9. The molecule has 9 heteroatoms. The number of anilines is 2. The summed E-state index contributed by atoms with van der Waals surface area (Å²) in [5.41, 5.74) is 9.44. The minimum absolute atomic E-state index is 0.238. The molecule has 0 aliphatic carbocycles. The molecule has 4 rings (SSSR count). The van der Waals surface area contributed by atoms with Crippen LogP contribution in [-0.4, -0.2) is 38.2 Å². The molecule has 35 heavy (non-hydrogen) atoms. The van der Waals surface area contributed by atoms with Gasteiger partial charge in [0.05, 0.1) is 24.1 Å². The van der Waals surface area contributed by atoms with Crippen LogP contribution in [-0.2, 0) is 9.53 Å². The highest BCUT2D eigenvalue weighted by Crippen LogP contribution is 2.39. The second-order valence-corrected chi connectivity index (χ2v) is 7.58. The number of methoxy groups -OCH3 is 1. The van der Waals surface area contributed by atoms with Crippen molar-refractivity contribution in [1.29, 1.82) is 0 Å². The van der Waals surface area contributed by atoms with Gasteiger partial charge < -0.3 is 31.2 Å². The Kier molecular flexibility index (Phi) is 7.08. The van der Waals surface area contributed by atoms with Gasteiger partial charge in [-0.05, 0) is 35.9 Å². The van der Waals surface area contributed by atoms with Gasteiger partial charge in [0.25, 0.3) is 11.8 Å². The van der Waals surface area contributed by atoms with E-state index in [4.69, 9.17) is 10.5 Å². The van der Waals surface area contributed by atoms with Crippen LogP contribution in [0.15, 0.2) is 72.8 Å².